The molecule has 19 heavy (non-hydrogen) atoms. The van der Waals surface area contributed by atoms with Crippen LogP contribution in [0.25, 0.3) is 0 Å². The van der Waals surface area contributed by atoms with E-state index in [-0.39, 0.29) is 31.2 Å². The van der Waals surface area contributed by atoms with Gasteiger partial charge < -0.3 is 21.5 Å². The zero-order valence-electron chi connectivity index (χ0n) is 10.6. The number of carbonyl (C=O) groups is 3. The molecule has 1 fully saturated rings. The summed E-state index contributed by atoms with van der Waals surface area (Å²) in [7, 11) is 0. The first-order valence-corrected chi connectivity index (χ1v) is 7.26. The van der Waals surface area contributed by atoms with Crippen molar-refractivity contribution in [3.8, 4) is 0 Å². The van der Waals surface area contributed by atoms with E-state index in [1.54, 1.807) is 11.8 Å². The molecule has 0 aliphatic carbocycles. The van der Waals surface area contributed by atoms with Crippen LogP contribution in [0.5, 0.6) is 0 Å². The molecule has 1 aliphatic heterocycles. The van der Waals surface area contributed by atoms with Gasteiger partial charge in [-0.3, -0.25) is 9.59 Å². The Hall–Kier alpha value is -1.28. The molecule has 108 valence electrons. The lowest BCUT2D eigenvalue weighted by atomic mass is 10.1. The molecule has 0 spiro atoms. The van der Waals surface area contributed by atoms with E-state index in [4.69, 9.17) is 10.8 Å². The number of nitrogens with one attached hydrogen (secondary N) is 2. The first-order chi connectivity index (χ1) is 8.99. The van der Waals surface area contributed by atoms with E-state index in [0.717, 1.165) is 18.1 Å². The number of rotatable bonds is 7. The van der Waals surface area contributed by atoms with E-state index >= 15 is 0 Å². The second-order valence-corrected chi connectivity index (χ2v) is 5.54. The van der Waals surface area contributed by atoms with Crippen LogP contribution < -0.4 is 16.4 Å². The SMILES string of the molecule is NC(=O)CCC(NC(=O)CC1CSCCN1)C(=O)O. The molecule has 0 radical (unpaired) electrons. The quantitative estimate of drug-likeness (QED) is 0.473. The molecule has 0 aromatic rings. The number of carboxylic acid groups (broad SMARTS) is 1. The molecule has 1 rings (SSSR count). The van der Waals surface area contributed by atoms with Gasteiger partial charge in [0.1, 0.15) is 6.04 Å². The van der Waals surface area contributed by atoms with E-state index in [1.807, 2.05) is 0 Å². The summed E-state index contributed by atoms with van der Waals surface area (Å²) in [4.78, 5) is 33.3. The van der Waals surface area contributed by atoms with E-state index in [1.165, 1.54) is 0 Å². The average molecular weight is 289 g/mol. The highest BCUT2D eigenvalue weighted by Crippen LogP contribution is 2.10. The number of carbonyl (C=O) groups excluding carboxylic acids is 2. The molecule has 0 aromatic carbocycles. The monoisotopic (exact) mass is 289 g/mol. The van der Waals surface area contributed by atoms with Gasteiger partial charge in [0.15, 0.2) is 0 Å². The van der Waals surface area contributed by atoms with Gasteiger partial charge in [0, 0.05) is 36.9 Å². The van der Waals surface area contributed by atoms with Crippen LogP contribution in [-0.4, -0.2) is 53.0 Å². The maximum Gasteiger partial charge on any atom is 0.326 e. The maximum absolute atomic E-state index is 11.7. The highest BCUT2D eigenvalue weighted by Gasteiger charge is 2.23. The number of nitrogens with two attached hydrogens (primary N) is 1. The summed E-state index contributed by atoms with van der Waals surface area (Å²) >= 11 is 1.76. The van der Waals surface area contributed by atoms with Gasteiger partial charge in [-0.25, -0.2) is 4.79 Å². The van der Waals surface area contributed by atoms with Gasteiger partial charge in [-0.1, -0.05) is 0 Å². The van der Waals surface area contributed by atoms with E-state index in [2.05, 4.69) is 10.6 Å². The van der Waals surface area contributed by atoms with Crippen LogP contribution in [0.3, 0.4) is 0 Å². The lowest BCUT2D eigenvalue weighted by molar-refractivity contribution is -0.142. The summed E-state index contributed by atoms with van der Waals surface area (Å²) in [6.45, 7) is 0.854. The number of carboxylic acids is 1. The fraction of sp³-hybridized carbons (Fsp3) is 0.727. The van der Waals surface area contributed by atoms with Gasteiger partial charge in [0.05, 0.1) is 0 Å². The molecule has 0 saturated carbocycles. The molecule has 1 heterocycles. The van der Waals surface area contributed by atoms with Crippen molar-refractivity contribution in [2.45, 2.75) is 31.3 Å². The fourth-order valence-corrected chi connectivity index (χ4v) is 2.72. The minimum absolute atomic E-state index is 0.0171. The first kappa shape index (κ1) is 15.8. The summed E-state index contributed by atoms with van der Waals surface area (Å²) in [6, 6.07) is -0.986. The third-order valence-electron chi connectivity index (χ3n) is 2.74. The second-order valence-electron chi connectivity index (χ2n) is 4.39. The Morgan fingerprint density at radius 1 is 1.47 bits per heavy atom. The Bertz CT molecular complexity index is 345. The van der Waals surface area contributed by atoms with Crippen molar-refractivity contribution < 1.29 is 19.5 Å². The van der Waals surface area contributed by atoms with E-state index in [9.17, 15) is 14.4 Å². The summed E-state index contributed by atoms with van der Waals surface area (Å²) < 4.78 is 0. The Morgan fingerprint density at radius 2 is 2.21 bits per heavy atom. The minimum atomic E-state index is -1.15. The largest absolute Gasteiger partial charge is 0.480 e. The van der Waals surface area contributed by atoms with E-state index < -0.39 is 17.9 Å². The molecule has 8 heteroatoms. The Kier molecular flexibility index (Phi) is 6.65. The first-order valence-electron chi connectivity index (χ1n) is 6.10. The average Bonchev–Trinajstić information content (AvgIpc) is 2.35. The van der Waals surface area contributed by atoms with Gasteiger partial charge in [-0.2, -0.15) is 11.8 Å². The van der Waals surface area contributed by atoms with Gasteiger partial charge in [0.2, 0.25) is 11.8 Å². The molecule has 5 N–H and O–H groups in total. The van der Waals surface area contributed by atoms with E-state index in [0.29, 0.717) is 0 Å². The predicted octanol–water partition coefficient (Wildman–Crippen LogP) is -1.08. The van der Waals surface area contributed by atoms with Gasteiger partial charge in [-0.05, 0) is 6.42 Å². The number of hydrogen-bond donors (Lipinski definition) is 4. The maximum atomic E-state index is 11.7. The standard InChI is InChI=1S/C11H19N3O4S/c12-9(15)2-1-8(11(17)18)14-10(16)5-7-6-19-4-3-13-7/h7-8,13H,1-6H2,(H2,12,15)(H,14,16)(H,17,18). The highest BCUT2D eigenvalue weighted by atomic mass is 32.2. The van der Waals surface area contributed by atoms with Crippen LogP contribution in [0.2, 0.25) is 0 Å². The number of primary amides is 1. The third kappa shape index (κ3) is 6.44. The van der Waals surface area contributed by atoms with Crippen LogP contribution in [0.1, 0.15) is 19.3 Å². The zero-order chi connectivity index (χ0) is 14.3. The van der Waals surface area contributed by atoms with Crippen LogP contribution in [-0.2, 0) is 14.4 Å². The molecule has 2 amide bonds. The van der Waals surface area contributed by atoms with Gasteiger partial charge >= 0.3 is 5.97 Å². The van der Waals surface area contributed by atoms with Crippen molar-refractivity contribution in [3.05, 3.63) is 0 Å². The number of aliphatic carboxylic acids is 1. The second kappa shape index (κ2) is 8.00. The highest BCUT2D eigenvalue weighted by molar-refractivity contribution is 7.99. The fourth-order valence-electron chi connectivity index (χ4n) is 1.77. The summed E-state index contributed by atoms with van der Waals surface area (Å²) in [5.74, 6) is -0.190. The van der Waals surface area contributed by atoms with Crippen LogP contribution in [0.4, 0.5) is 0 Å². The normalized spacial score (nSPS) is 20.5. The molecule has 0 aromatic heterocycles. The van der Waals surface area contributed by atoms with Crippen LogP contribution in [0, 0.1) is 0 Å². The predicted molar refractivity (Wildman–Crippen MR) is 71.7 cm³/mol. The van der Waals surface area contributed by atoms with Crippen molar-refractivity contribution >= 4 is 29.5 Å². The molecule has 1 aliphatic rings. The third-order valence-corrected chi connectivity index (χ3v) is 3.87. The molecule has 2 atom stereocenters. The zero-order valence-corrected chi connectivity index (χ0v) is 11.4. The van der Waals surface area contributed by atoms with Gasteiger partial charge in [0.25, 0.3) is 0 Å². The lowest BCUT2D eigenvalue weighted by Gasteiger charge is -2.23. The molecule has 2 unspecified atom stereocenters. The van der Waals surface area contributed by atoms with Gasteiger partial charge in [-0.15, -0.1) is 0 Å². The minimum Gasteiger partial charge on any atom is -0.480 e. The van der Waals surface area contributed by atoms with Crippen LogP contribution in [0.15, 0.2) is 0 Å². The smallest absolute Gasteiger partial charge is 0.326 e. The summed E-state index contributed by atoms with van der Waals surface area (Å²) in [5.41, 5.74) is 4.96. The van der Waals surface area contributed by atoms with Crippen molar-refractivity contribution in [1.82, 2.24) is 10.6 Å². The molecule has 1 saturated heterocycles. The Morgan fingerprint density at radius 3 is 2.74 bits per heavy atom. The molecular formula is C11H19N3O4S. The topological polar surface area (TPSA) is 122 Å². The summed E-state index contributed by atoms with van der Waals surface area (Å²) in [6.07, 6.45) is 0.200. The molecule has 0 bridgehead atoms. The van der Waals surface area contributed by atoms with Crippen LogP contribution >= 0.6 is 11.8 Å². The number of amides is 2. The number of thioether (sulfide) groups is 1. The summed E-state index contributed by atoms with van der Waals surface area (Å²) in [5, 5.41) is 14.6. The lowest BCUT2D eigenvalue weighted by Crippen LogP contribution is -2.46. The Labute approximate surface area is 115 Å². The Balaban J connectivity index is 2.37. The molecule has 7 nitrogen and oxygen atoms in total. The van der Waals surface area contributed by atoms with Crippen molar-refractivity contribution in [2.24, 2.45) is 5.73 Å². The number of hydrogen-bond acceptors (Lipinski definition) is 5. The molecular weight excluding hydrogens is 270 g/mol. The van der Waals surface area contributed by atoms with Crippen molar-refractivity contribution in [1.29, 1.82) is 0 Å². The van der Waals surface area contributed by atoms with Crippen molar-refractivity contribution in [3.63, 3.8) is 0 Å². The van der Waals surface area contributed by atoms with Crippen molar-refractivity contribution in [2.75, 3.05) is 18.1 Å².